The number of hydrogen-bond donors (Lipinski definition) is 2. The molecule has 2 aromatic rings. The number of benzene rings is 2. The van der Waals surface area contributed by atoms with Gasteiger partial charge >= 0.3 is 0 Å². The minimum Gasteiger partial charge on any atom is -0.352 e. The van der Waals surface area contributed by atoms with Gasteiger partial charge in [-0.05, 0) is 41.8 Å². The van der Waals surface area contributed by atoms with Crippen molar-refractivity contribution in [1.82, 2.24) is 10.0 Å². The molecule has 2 N–H and O–H groups in total. The number of rotatable bonds is 8. The summed E-state index contributed by atoms with van der Waals surface area (Å²) in [5.41, 5.74) is 1.90. The normalized spacial score (nSPS) is 11.3. The van der Waals surface area contributed by atoms with Crippen molar-refractivity contribution in [1.29, 1.82) is 0 Å². The van der Waals surface area contributed by atoms with Gasteiger partial charge in [0.15, 0.2) is 0 Å². The van der Waals surface area contributed by atoms with Gasteiger partial charge in [0.25, 0.3) is 0 Å². The molecule has 0 aliphatic heterocycles. The van der Waals surface area contributed by atoms with Gasteiger partial charge in [0.2, 0.25) is 15.9 Å². The summed E-state index contributed by atoms with van der Waals surface area (Å²) in [6.07, 6.45) is 0.890. The third kappa shape index (κ3) is 6.16. The number of carbonyl (C=O) groups is 1. The van der Waals surface area contributed by atoms with E-state index >= 15 is 0 Å². The lowest BCUT2D eigenvalue weighted by Crippen LogP contribution is -2.23. The summed E-state index contributed by atoms with van der Waals surface area (Å²) in [5.74, 6) is -0.0562. The van der Waals surface area contributed by atoms with E-state index in [1.165, 1.54) is 0 Å². The summed E-state index contributed by atoms with van der Waals surface area (Å²) in [4.78, 5) is 12.2. The zero-order valence-electron chi connectivity index (χ0n) is 14.0. The molecule has 0 atom stereocenters. The summed E-state index contributed by atoms with van der Waals surface area (Å²) >= 11 is 5.82. The van der Waals surface area contributed by atoms with E-state index in [4.69, 9.17) is 11.6 Å². The first-order valence-electron chi connectivity index (χ1n) is 8.00. The lowest BCUT2D eigenvalue weighted by atomic mass is 10.1. The zero-order valence-corrected chi connectivity index (χ0v) is 15.5. The fraction of sp³-hybridized carbons (Fsp3) is 0.278. The monoisotopic (exact) mass is 380 g/mol. The molecule has 0 bridgehead atoms. The summed E-state index contributed by atoms with van der Waals surface area (Å²) in [5, 5.41) is 3.51. The largest absolute Gasteiger partial charge is 0.352 e. The molecule has 2 rings (SSSR count). The van der Waals surface area contributed by atoms with Crippen LogP contribution in [0.3, 0.4) is 0 Å². The van der Waals surface area contributed by atoms with E-state index < -0.39 is 10.0 Å². The Bertz CT molecular complexity index is 803. The second-order valence-corrected chi connectivity index (χ2v) is 7.75. The van der Waals surface area contributed by atoms with Gasteiger partial charge in [0.05, 0.1) is 4.90 Å². The van der Waals surface area contributed by atoms with Crippen molar-refractivity contribution in [3.63, 3.8) is 0 Å². The van der Waals surface area contributed by atoms with E-state index in [9.17, 15) is 13.2 Å². The Morgan fingerprint density at radius 1 is 1.00 bits per heavy atom. The van der Waals surface area contributed by atoms with Gasteiger partial charge in [-0.3, -0.25) is 4.79 Å². The molecular weight excluding hydrogens is 360 g/mol. The average molecular weight is 381 g/mol. The Balaban J connectivity index is 1.82. The van der Waals surface area contributed by atoms with Crippen molar-refractivity contribution in [2.24, 2.45) is 0 Å². The molecule has 5 nitrogen and oxygen atoms in total. The van der Waals surface area contributed by atoms with E-state index in [-0.39, 0.29) is 10.8 Å². The Hall–Kier alpha value is -1.89. The van der Waals surface area contributed by atoms with Crippen LogP contribution in [0.1, 0.15) is 24.5 Å². The van der Waals surface area contributed by atoms with Crippen molar-refractivity contribution in [2.45, 2.75) is 31.2 Å². The van der Waals surface area contributed by atoms with Crippen molar-refractivity contribution in [2.75, 3.05) is 6.54 Å². The molecule has 0 unspecified atom stereocenters. The Morgan fingerprint density at radius 3 is 2.20 bits per heavy atom. The lowest BCUT2D eigenvalue weighted by molar-refractivity contribution is -0.121. The van der Waals surface area contributed by atoms with Crippen LogP contribution in [-0.4, -0.2) is 20.9 Å². The van der Waals surface area contributed by atoms with E-state index in [1.54, 1.807) is 43.3 Å². The molecule has 0 fully saturated rings. The first-order chi connectivity index (χ1) is 11.9. The minimum atomic E-state index is -3.44. The average Bonchev–Trinajstić information content (AvgIpc) is 2.60. The van der Waals surface area contributed by atoms with E-state index in [2.05, 4.69) is 10.0 Å². The van der Waals surface area contributed by atoms with Crippen molar-refractivity contribution < 1.29 is 13.2 Å². The number of aryl methyl sites for hydroxylation is 1. The zero-order chi connectivity index (χ0) is 18.3. The maximum atomic E-state index is 11.9. The fourth-order valence-corrected chi connectivity index (χ4v) is 3.42. The number of hydrogen-bond acceptors (Lipinski definition) is 3. The number of sulfonamides is 1. The van der Waals surface area contributed by atoms with Crippen molar-refractivity contribution >= 4 is 27.5 Å². The highest BCUT2D eigenvalue weighted by Crippen LogP contribution is 2.12. The Morgan fingerprint density at radius 2 is 1.60 bits per heavy atom. The molecule has 134 valence electrons. The Labute approximate surface area is 153 Å². The molecule has 0 aliphatic carbocycles. The van der Waals surface area contributed by atoms with E-state index in [0.29, 0.717) is 31.0 Å². The second-order valence-electron chi connectivity index (χ2n) is 5.55. The van der Waals surface area contributed by atoms with Crippen LogP contribution in [-0.2, 0) is 27.8 Å². The molecule has 0 spiro atoms. The van der Waals surface area contributed by atoms with Crippen LogP contribution in [0.4, 0.5) is 0 Å². The van der Waals surface area contributed by atoms with E-state index in [0.717, 1.165) is 11.1 Å². The van der Waals surface area contributed by atoms with Crippen LogP contribution < -0.4 is 10.0 Å². The molecule has 0 heterocycles. The predicted molar refractivity (Wildman–Crippen MR) is 98.9 cm³/mol. The van der Waals surface area contributed by atoms with Crippen molar-refractivity contribution in [3.05, 3.63) is 64.7 Å². The molecule has 1 amide bonds. The molecule has 25 heavy (non-hydrogen) atoms. The SMILES string of the molecule is CCNS(=O)(=O)c1ccc(CCC(=O)NCc2ccc(Cl)cc2)cc1. The van der Waals surface area contributed by atoms with Gasteiger partial charge < -0.3 is 5.32 Å². The first-order valence-corrected chi connectivity index (χ1v) is 9.86. The topological polar surface area (TPSA) is 75.3 Å². The van der Waals surface area contributed by atoms with Gasteiger partial charge in [-0.2, -0.15) is 0 Å². The quantitative estimate of drug-likeness (QED) is 0.739. The van der Waals surface area contributed by atoms with Crippen molar-refractivity contribution in [3.8, 4) is 0 Å². The van der Waals surface area contributed by atoms with Gasteiger partial charge in [-0.15, -0.1) is 0 Å². The molecule has 0 radical (unpaired) electrons. The van der Waals surface area contributed by atoms with Crippen LogP contribution in [0, 0.1) is 0 Å². The van der Waals surface area contributed by atoms with Gasteiger partial charge in [-0.25, -0.2) is 13.1 Å². The standard InChI is InChI=1S/C18H21ClN2O3S/c1-2-21-25(23,24)17-10-5-14(6-11-17)7-12-18(22)20-13-15-3-8-16(19)9-4-15/h3-6,8-11,21H,2,7,12-13H2,1H3,(H,20,22). The van der Waals surface area contributed by atoms with Gasteiger partial charge in [0, 0.05) is 24.5 Å². The molecule has 2 aromatic carbocycles. The highest BCUT2D eigenvalue weighted by molar-refractivity contribution is 7.89. The number of nitrogens with one attached hydrogen (secondary N) is 2. The summed E-state index contributed by atoms with van der Waals surface area (Å²) < 4.78 is 26.2. The fourth-order valence-electron chi connectivity index (χ4n) is 2.26. The van der Waals surface area contributed by atoms with Crippen LogP contribution >= 0.6 is 11.6 Å². The second kappa shape index (κ2) is 8.99. The molecule has 7 heteroatoms. The lowest BCUT2D eigenvalue weighted by Gasteiger charge is -2.07. The number of carbonyl (C=O) groups excluding carboxylic acids is 1. The summed E-state index contributed by atoms with van der Waals surface area (Å²) in [6, 6.07) is 13.9. The minimum absolute atomic E-state index is 0.0562. The third-order valence-corrected chi connectivity index (χ3v) is 5.43. The smallest absolute Gasteiger partial charge is 0.240 e. The third-order valence-electron chi connectivity index (χ3n) is 3.61. The summed E-state index contributed by atoms with van der Waals surface area (Å²) in [6.45, 7) is 2.53. The molecule has 0 aliphatic rings. The van der Waals surface area contributed by atoms with Gasteiger partial charge in [-0.1, -0.05) is 42.8 Å². The van der Waals surface area contributed by atoms with Gasteiger partial charge in [0.1, 0.15) is 0 Å². The van der Waals surface area contributed by atoms with E-state index in [1.807, 2.05) is 12.1 Å². The maximum Gasteiger partial charge on any atom is 0.240 e. The van der Waals surface area contributed by atoms with Crippen LogP contribution in [0.25, 0.3) is 0 Å². The molecule has 0 saturated heterocycles. The highest BCUT2D eigenvalue weighted by atomic mass is 35.5. The van der Waals surface area contributed by atoms with Crippen LogP contribution in [0.15, 0.2) is 53.4 Å². The molecule has 0 aromatic heterocycles. The molecule has 0 saturated carbocycles. The molecular formula is C18H21ClN2O3S. The summed E-state index contributed by atoms with van der Waals surface area (Å²) in [7, 11) is -3.44. The number of halogens is 1. The van der Waals surface area contributed by atoms with Crippen LogP contribution in [0.5, 0.6) is 0 Å². The number of amides is 1. The predicted octanol–water partition coefficient (Wildman–Crippen LogP) is 2.89. The highest BCUT2D eigenvalue weighted by Gasteiger charge is 2.12. The Kier molecular flexibility index (Phi) is 6.99. The first kappa shape index (κ1) is 19.4. The maximum absolute atomic E-state index is 11.9. The van der Waals surface area contributed by atoms with Crippen LogP contribution in [0.2, 0.25) is 5.02 Å².